The van der Waals surface area contributed by atoms with E-state index < -0.39 is 0 Å². The Morgan fingerprint density at radius 3 is 2.59 bits per heavy atom. The second-order valence-corrected chi connectivity index (χ2v) is 7.34. The number of nitrogens with one attached hydrogen (secondary N) is 1. The molecule has 0 aliphatic carbocycles. The molecule has 4 nitrogen and oxygen atoms in total. The molecule has 4 rings (SSSR count). The highest BCUT2D eigenvalue weighted by atomic mass is 32.1. The second kappa shape index (κ2) is 8.20. The normalized spacial score (nSPS) is 12.0. The fourth-order valence-corrected chi connectivity index (χ4v) is 3.75. The molecule has 0 saturated carbocycles. The van der Waals surface area contributed by atoms with Gasteiger partial charge in [0.25, 0.3) is 0 Å². The third-order valence-corrected chi connectivity index (χ3v) is 5.23. The molecule has 2 aromatic carbocycles. The second-order valence-electron chi connectivity index (χ2n) is 6.48. The van der Waals surface area contributed by atoms with Crippen molar-refractivity contribution in [2.75, 3.05) is 5.32 Å². The molecule has 5 heteroatoms. The number of thiazole rings is 1. The monoisotopic (exact) mass is 376 g/mol. The van der Waals surface area contributed by atoms with Crippen LogP contribution in [0.3, 0.4) is 0 Å². The zero-order chi connectivity index (χ0) is 18.5. The first kappa shape index (κ1) is 17.5. The van der Waals surface area contributed by atoms with Gasteiger partial charge >= 0.3 is 0 Å². The summed E-state index contributed by atoms with van der Waals surface area (Å²) in [6, 6.07) is 22.8. The fourth-order valence-electron chi connectivity index (χ4n) is 3.00. The van der Waals surface area contributed by atoms with Crippen molar-refractivity contribution in [1.29, 1.82) is 0 Å². The summed E-state index contributed by atoms with van der Waals surface area (Å²) in [5.41, 5.74) is 4.59. The van der Waals surface area contributed by atoms with Crippen molar-refractivity contribution < 1.29 is 9.73 Å². The third kappa shape index (κ3) is 4.45. The molecule has 27 heavy (non-hydrogen) atoms. The quantitative estimate of drug-likeness (QED) is 0.494. The molecule has 0 spiro atoms. The number of hydrogen-bond donors (Lipinski definition) is 2. The van der Waals surface area contributed by atoms with Crippen LogP contribution in [0.5, 0.6) is 0 Å². The van der Waals surface area contributed by atoms with Gasteiger partial charge in [-0.05, 0) is 31.2 Å². The van der Waals surface area contributed by atoms with E-state index in [1.54, 1.807) is 17.6 Å². The maximum atomic E-state index is 5.67. The number of anilines is 2. The number of aromatic nitrogens is 1. The number of nitrogens with zero attached hydrogens (tertiary/aromatic N) is 1. The molecule has 0 bridgehead atoms. The SMILES string of the molecule is Cc1ccc(Nc2nc(C[NH2+][C@H](c3ccccc3)c3ccco3)cs2)cc1. The molecule has 0 amide bonds. The Hall–Kier alpha value is -2.89. The topological polar surface area (TPSA) is 54.7 Å². The molecule has 0 saturated heterocycles. The predicted octanol–water partition coefficient (Wildman–Crippen LogP) is 4.64. The first-order chi connectivity index (χ1) is 13.3. The van der Waals surface area contributed by atoms with Gasteiger partial charge in [0.15, 0.2) is 16.9 Å². The molecule has 2 heterocycles. The summed E-state index contributed by atoms with van der Waals surface area (Å²) in [6.07, 6.45) is 1.73. The van der Waals surface area contributed by atoms with E-state index in [1.165, 1.54) is 11.1 Å². The lowest BCUT2D eigenvalue weighted by molar-refractivity contribution is -0.704. The van der Waals surface area contributed by atoms with E-state index in [4.69, 9.17) is 9.40 Å². The molecule has 1 atom stereocenters. The predicted molar refractivity (Wildman–Crippen MR) is 109 cm³/mol. The first-order valence-electron chi connectivity index (χ1n) is 8.98. The van der Waals surface area contributed by atoms with E-state index in [9.17, 15) is 0 Å². The van der Waals surface area contributed by atoms with Crippen LogP contribution >= 0.6 is 11.3 Å². The van der Waals surface area contributed by atoms with Crippen LogP contribution in [0.4, 0.5) is 10.8 Å². The van der Waals surface area contributed by atoms with Gasteiger partial charge in [-0.3, -0.25) is 0 Å². The summed E-state index contributed by atoms with van der Waals surface area (Å²) in [7, 11) is 0. The Morgan fingerprint density at radius 2 is 1.85 bits per heavy atom. The van der Waals surface area contributed by atoms with Crippen molar-refractivity contribution in [3.8, 4) is 0 Å². The number of nitrogens with two attached hydrogens (primary N) is 1. The van der Waals surface area contributed by atoms with Crippen LogP contribution in [0.1, 0.15) is 28.6 Å². The Balaban J connectivity index is 1.44. The smallest absolute Gasteiger partial charge is 0.187 e. The number of benzene rings is 2. The van der Waals surface area contributed by atoms with Crippen LogP contribution < -0.4 is 10.6 Å². The van der Waals surface area contributed by atoms with Crippen molar-refractivity contribution in [3.63, 3.8) is 0 Å². The van der Waals surface area contributed by atoms with E-state index in [-0.39, 0.29) is 6.04 Å². The maximum absolute atomic E-state index is 5.67. The van der Waals surface area contributed by atoms with Gasteiger partial charge < -0.3 is 15.1 Å². The van der Waals surface area contributed by atoms with Crippen molar-refractivity contribution in [3.05, 3.63) is 101 Å². The van der Waals surface area contributed by atoms with Gasteiger partial charge in [-0.1, -0.05) is 48.0 Å². The molecule has 2 aromatic heterocycles. The molecular formula is C22H22N3OS+. The zero-order valence-electron chi connectivity index (χ0n) is 15.1. The maximum Gasteiger partial charge on any atom is 0.187 e. The van der Waals surface area contributed by atoms with Crippen molar-refractivity contribution in [2.24, 2.45) is 0 Å². The highest BCUT2D eigenvalue weighted by Gasteiger charge is 2.20. The zero-order valence-corrected chi connectivity index (χ0v) is 15.9. The fraction of sp³-hybridized carbons (Fsp3) is 0.136. The molecule has 3 N–H and O–H groups in total. The molecule has 0 unspecified atom stereocenters. The Bertz CT molecular complexity index is 962. The number of quaternary nitrogens is 1. The van der Waals surface area contributed by atoms with Crippen LogP contribution in [0, 0.1) is 6.92 Å². The summed E-state index contributed by atoms with van der Waals surface area (Å²) >= 11 is 1.63. The Labute approximate surface area is 162 Å². The number of rotatable bonds is 7. The van der Waals surface area contributed by atoms with Crippen LogP contribution in [-0.4, -0.2) is 4.98 Å². The lowest BCUT2D eigenvalue weighted by Crippen LogP contribution is -2.83. The Morgan fingerprint density at radius 1 is 1.04 bits per heavy atom. The highest BCUT2D eigenvalue weighted by molar-refractivity contribution is 7.13. The van der Waals surface area contributed by atoms with Gasteiger partial charge in [0.2, 0.25) is 0 Å². The van der Waals surface area contributed by atoms with E-state index in [2.05, 4.69) is 71.5 Å². The third-order valence-electron chi connectivity index (χ3n) is 4.43. The summed E-state index contributed by atoms with van der Waals surface area (Å²) in [4.78, 5) is 4.72. The van der Waals surface area contributed by atoms with Gasteiger partial charge in [-0.25, -0.2) is 4.98 Å². The van der Waals surface area contributed by atoms with E-state index in [0.29, 0.717) is 0 Å². The van der Waals surface area contributed by atoms with Gasteiger partial charge in [0.05, 0.1) is 6.26 Å². The minimum Gasteiger partial charge on any atom is -0.463 e. The molecule has 0 aliphatic rings. The molecule has 136 valence electrons. The Kier molecular flexibility index (Phi) is 5.32. The average molecular weight is 377 g/mol. The minimum absolute atomic E-state index is 0.122. The first-order valence-corrected chi connectivity index (χ1v) is 9.86. The average Bonchev–Trinajstić information content (AvgIpc) is 3.37. The summed E-state index contributed by atoms with van der Waals surface area (Å²) in [6.45, 7) is 2.87. The lowest BCUT2D eigenvalue weighted by Gasteiger charge is -2.13. The van der Waals surface area contributed by atoms with Crippen molar-refractivity contribution in [1.82, 2.24) is 4.98 Å². The van der Waals surface area contributed by atoms with Gasteiger partial charge in [-0.15, -0.1) is 11.3 Å². The lowest BCUT2D eigenvalue weighted by atomic mass is 10.0. The summed E-state index contributed by atoms with van der Waals surface area (Å²) < 4.78 is 5.67. The van der Waals surface area contributed by atoms with Gasteiger partial charge in [0, 0.05) is 16.6 Å². The highest BCUT2D eigenvalue weighted by Crippen LogP contribution is 2.22. The van der Waals surface area contributed by atoms with E-state index >= 15 is 0 Å². The minimum atomic E-state index is 0.122. The molecule has 0 fully saturated rings. The van der Waals surface area contributed by atoms with Gasteiger partial charge in [-0.2, -0.15) is 0 Å². The molecule has 0 radical (unpaired) electrons. The van der Waals surface area contributed by atoms with Gasteiger partial charge in [0.1, 0.15) is 12.2 Å². The van der Waals surface area contributed by atoms with Crippen molar-refractivity contribution in [2.45, 2.75) is 19.5 Å². The standard InChI is InChI=1S/C22H21N3OS/c1-16-9-11-18(12-10-16)24-22-25-19(15-27-22)14-23-21(20-8-5-13-26-20)17-6-3-2-4-7-17/h2-13,15,21,23H,14H2,1H3,(H,24,25)/p+1/t21-/m1/s1. The van der Waals surface area contributed by atoms with E-state index in [1.807, 2.05) is 18.2 Å². The van der Waals surface area contributed by atoms with Crippen molar-refractivity contribution >= 4 is 22.2 Å². The summed E-state index contributed by atoms with van der Waals surface area (Å²) in [5.74, 6) is 0.953. The van der Waals surface area contributed by atoms with Crippen LogP contribution in [-0.2, 0) is 6.54 Å². The van der Waals surface area contributed by atoms with Crippen LogP contribution in [0.15, 0.2) is 82.8 Å². The molecule has 4 aromatic rings. The number of hydrogen-bond acceptors (Lipinski definition) is 4. The molecular weight excluding hydrogens is 354 g/mol. The summed E-state index contributed by atoms with van der Waals surface area (Å²) in [5, 5.41) is 8.66. The van der Waals surface area contributed by atoms with Crippen LogP contribution in [0.25, 0.3) is 0 Å². The van der Waals surface area contributed by atoms with Crippen LogP contribution in [0.2, 0.25) is 0 Å². The largest absolute Gasteiger partial charge is 0.463 e. The number of aryl methyl sites for hydroxylation is 1. The number of furan rings is 1. The van der Waals surface area contributed by atoms with E-state index in [0.717, 1.165) is 28.8 Å². The molecule has 0 aliphatic heterocycles.